The fourth-order valence-electron chi connectivity index (χ4n) is 0.588. The van der Waals surface area contributed by atoms with Crippen LogP contribution in [0.15, 0.2) is 4.52 Å². The van der Waals surface area contributed by atoms with E-state index in [-0.39, 0.29) is 24.2 Å². The Balaban J connectivity index is 2.68. The Hall–Kier alpha value is -1.10. The quantitative estimate of drug-likeness (QED) is 0.525. The van der Waals surface area contributed by atoms with E-state index in [9.17, 15) is 4.79 Å². The monoisotopic (exact) mass is 190 g/mol. The van der Waals surface area contributed by atoms with Crippen LogP contribution in [0.1, 0.15) is 23.4 Å². The summed E-state index contributed by atoms with van der Waals surface area (Å²) in [6.45, 7) is 1.98. The van der Waals surface area contributed by atoms with Crippen LogP contribution in [0.2, 0.25) is 0 Å². The van der Waals surface area contributed by atoms with E-state index in [0.717, 1.165) is 0 Å². The Kier molecular flexibility index (Phi) is 3.04. The van der Waals surface area contributed by atoms with Gasteiger partial charge in [-0.15, -0.1) is 11.6 Å². The second-order valence-electron chi connectivity index (χ2n) is 1.87. The minimum Gasteiger partial charge on any atom is -0.460 e. The lowest BCUT2D eigenvalue weighted by Crippen LogP contribution is -2.06. The highest BCUT2D eigenvalue weighted by Gasteiger charge is 2.14. The number of nitrogens with zero attached hydrogens (tertiary/aromatic N) is 2. The van der Waals surface area contributed by atoms with Crippen LogP contribution < -0.4 is 0 Å². The summed E-state index contributed by atoms with van der Waals surface area (Å²) in [5.41, 5.74) is 0. The van der Waals surface area contributed by atoms with Crippen molar-refractivity contribution in [1.82, 2.24) is 10.1 Å². The first-order chi connectivity index (χ1) is 5.77. The zero-order chi connectivity index (χ0) is 8.97. The molecule has 1 heterocycles. The Morgan fingerprint density at radius 2 is 2.50 bits per heavy atom. The van der Waals surface area contributed by atoms with Gasteiger partial charge in [0, 0.05) is 0 Å². The van der Waals surface area contributed by atoms with E-state index in [2.05, 4.69) is 19.4 Å². The van der Waals surface area contributed by atoms with E-state index in [4.69, 9.17) is 11.6 Å². The van der Waals surface area contributed by atoms with Crippen LogP contribution in [0.5, 0.6) is 0 Å². The average molecular weight is 191 g/mol. The predicted octanol–water partition coefficient (Wildman–Crippen LogP) is 0.985. The summed E-state index contributed by atoms with van der Waals surface area (Å²) in [6, 6.07) is 0. The zero-order valence-corrected chi connectivity index (χ0v) is 7.17. The van der Waals surface area contributed by atoms with E-state index in [1.165, 1.54) is 0 Å². The SMILES string of the molecule is CCOC(=O)c1noc(CCl)n1. The van der Waals surface area contributed by atoms with Crippen LogP contribution >= 0.6 is 11.6 Å². The van der Waals surface area contributed by atoms with Gasteiger partial charge in [0.25, 0.3) is 5.82 Å². The molecule has 66 valence electrons. The first-order valence-corrected chi connectivity index (χ1v) is 3.87. The Morgan fingerprint density at radius 3 is 3.00 bits per heavy atom. The Morgan fingerprint density at radius 1 is 1.75 bits per heavy atom. The number of hydrogen-bond acceptors (Lipinski definition) is 5. The molecule has 0 N–H and O–H groups in total. The molecule has 0 aliphatic carbocycles. The highest BCUT2D eigenvalue weighted by Crippen LogP contribution is 2.01. The molecule has 1 aromatic heterocycles. The summed E-state index contributed by atoms with van der Waals surface area (Å²) in [5.74, 6) is -0.392. The van der Waals surface area contributed by atoms with Crippen LogP contribution in [-0.4, -0.2) is 22.7 Å². The first kappa shape index (κ1) is 8.99. The van der Waals surface area contributed by atoms with Gasteiger partial charge in [-0.3, -0.25) is 0 Å². The molecule has 6 heteroatoms. The minimum atomic E-state index is -0.599. The summed E-state index contributed by atoms with van der Waals surface area (Å²) in [4.78, 5) is 14.6. The lowest BCUT2D eigenvalue weighted by molar-refractivity contribution is 0.0508. The zero-order valence-electron chi connectivity index (χ0n) is 6.41. The molecule has 0 atom stereocenters. The van der Waals surface area contributed by atoms with Crippen LogP contribution in [0.4, 0.5) is 0 Å². The molecule has 0 unspecified atom stereocenters. The van der Waals surface area contributed by atoms with Gasteiger partial charge >= 0.3 is 5.97 Å². The molecule has 0 bridgehead atoms. The number of hydrogen-bond donors (Lipinski definition) is 0. The van der Waals surface area contributed by atoms with Gasteiger partial charge in [-0.05, 0) is 12.1 Å². The van der Waals surface area contributed by atoms with E-state index >= 15 is 0 Å². The van der Waals surface area contributed by atoms with E-state index < -0.39 is 5.97 Å². The summed E-state index contributed by atoms with van der Waals surface area (Å²) >= 11 is 5.37. The molecule has 0 spiro atoms. The summed E-state index contributed by atoms with van der Waals surface area (Å²) < 4.78 is 9.21. The highest BCUT2D eigenvalue weighted by molar-refractivity contribution is 6.16. The van der Waals surface area contributed by atoms with Crippen LogP contribution in [0.3, 0.4) is 0 Å². The fraction of sp³-hybridized carbons (Fsp3) is 0.500. The fourth-order valence-corrected chi connectivity index (χ4v) is 0.696. The van der Waals surface area contributed by atoms with Crippen LogP contribution in [-0.2, 0) is 10.6 Å². The molecule has 12 heavy (non-hydrogen) atoms. The molecule has 5 nitrogen and oxygen atoms in total. The molecular formula is C6H7ClN2O3. The number of carbonyl (C=O) groups is 1. The molecule has 0 saturated carbocycles. The van der Waals surface area contributed by atoms with Gasteiger partial charge in [0.15, 0.2) is 0 Å². The standard InChI is InChI=1S/C6H7ClN2O3/c1-2-11-6(10)5-8-4(3-7)12-9-5/h2-3H2,1H3. The maximum absolute atomic E-state index is 10.9. The second-order valence-corrected chi connectivity index (χ2v) is 2.13. The first-order valence-electron chi connectivity index (χ1n) is 3.33. The minimum absolute atomic E-state index is 0.0897. The number of esters is 1. The lowest BCUT2D eigenvalue weighted by atomic mass is 10.6. The van der Waals surface area contributed by atoms with Gasteiger partial charge in [0.2, 0.25) is 5.89 Å². The van der Waals surface area contributed by atoms with Gasteiger partial charge in [-0.1, -0.05) is 0 Å². The molecule has 0 saturated heterocycles. The largest absolute Gasteiger partial charge is 0.460 e. The van der Waals surface area contributed by atoms with Crippen molar-refractivity contribution in [1.29, 1.82) is 0 Å². The van der Waals surface area contributed by atoms with Gasteiger partial charge in [-0.2, -0.15) is 4.98 Å². The third-order valence-electron chi connectivity index (χ3n) is 1.04. The van der Waals surface area contributed by atoms with Crippen molar-refractivity contribution in [2.45, 2.75) is 12.8 Å². The molecule has 0 aromatic carbocycles. The van der Waals surface area contributed by atoms with Crippen molar-refractivity contribution >= 4 is 17.6 Å². The molecule has 1 rings (SSSR count). The van der Waals surface area contributed by atoms with Gasteiger partial charge in [-0.25, -0.2) is 4.79 Å². The van der Waals surface area contributed by atoms with Crippen LogP contribution in [0.25, 0.3) is 0 Å². The van der Waals surface area contributed by atoms with E-state index in [1.54, 1.807) is 6.92 Å². The Labute approximate surface area is 73.7 Å². The Bertz CT molecular complexity index is 274. The van der Waals surface area contributed by atoms with E-state index in [0.29, 0.717) is 0 Å². The highest BCUT2D eigenvalue weighted by atomic mass is 35.5. The normalized spacial score (nSPS) is 9.83. The van der Waals surface area contributed by atoms with Crippen molar-refractivity contribution in [2.24, 2.45) is 0 Å². The van der Waals surface area contributed by atoms with Crippen molar-refractivity contribution in [3.63, 3.8) is 0 Å². The molecular weight excluding hydrogens is 184 g/mol. The van der Waals surface area contributed by atoms with Crippen LogP contribution in [0, 0.1) is 0 Å². The lowest BCUT2D eigenvalue weighted by Gasteiger charge is -1.93. The van der Waals surface area contributed by atoms with E-state index in [1.807, 2.05) is 0 Å². The summed E-state index contributed by atoms with van der Waals surface area (Å²) in [7, 11) is 0. The third kappa shape index (κ3) is 1.94. The average Bonchev–Trinajstić information content (AvgIpc) is 2.52. The molecule has 0 aliphatic rings. The van der Waals surface area contributed by atoms with Crippen molar-refractivity contribution < 1.29 is 14.1 Å². The van der Waals surface area contributed by atoms with Gasteiger partial charge in [0.1, 0.15) is 5.88 Å². The number of aromatic nitrogens is 2. The third-order valence-corrected chi connectivity index (χ3v) is 1.27. The smallest absolute Gasteiger partial charge is 0.379 e. The number of ether oxygens (including phenoxy) is 1. The van der Waals surface area contributed by atoms with Crippen molar-refractivity contribution in [3.8, 4) is 0 Å². The molecule has 0 amide bonds. The summed E-state index contributed by atoms with van der Waals surface area (Å²) in [6.07, 6.45) is 0. The number of halogens is 1. The number of carbonyl (C=O) groups excluding carboxylic acids is 1. The van der Waals surface area contributed by atoms with Gasteiger partial charge < -0.3 is 9.26 Å². The molecule has 0 aliphatic heterocycles. The molecule has 0 radical (unpaired) electrons. The molecule has 1 aromatic rings. The predicted molar refractivity (Wildman–Crippen MR) is 39.8 cm³/mol. The molecule has 0 fully saturated rings. The van der Waals surface area contributed by atoms with Crippen molar-refractivity contribution in [2.75, 3.05) is 6.61 Å². The number of alkyl halides is 1. The summed E-state index contributed by atoms with van der Waals surface area (Å²) in [5, 5.41) is 3.36. The van der Waals surface area contributed by atoms with Gasteiger partial charge in [0.05, 0.1) is 6.61 Å². The number of rotatable bonds is 3. The second kappa shape index (κ2) is 4.06. The maximum atomic E-state index is 10.9. The van der Waals surface area contributed by atoms with Crippen molar-refractivity contribution in [3.05, 3.63) is 11.7 Å². The topological polar surface area (TPSA) is 65.2 Å². The maximum Gasteiger partial charge on any atom is 0.379 e.